The van der Waals surface area contributed by atoms with E-state index < -0.39 is 0 Å². The van der Waals surface area contributed by atoms with Crippen LogP contribution in [-0.4, -0.2) is 46.4 Å². The zero-order valence-electron chi connectivity index (χ0n) is 16.7. The van der Waals surface area contributed by atoms with Crippen molar-refractivity contribution in [2.75, 3.05) is 19.6 Å². The van der Waals surface area contributed by atoms with E-state index in [-0.39, 0.29) is 17.8 Å². The molecule has 0 radical (unpaired) electrons. The molecule has 0 aliphatic carbocycles. The van der Waals surface area contributed by atoms with E-state index in [1.165, 1.54) is 23.3 Å². The number of pyridine rings is 1. The molecule has 30 heavy (non-hydrogen) atoms. The van der Waals surface area contributed by atoms with Crippen LogP contribution in [-0.2, 0) is 6.54 Å². The number of fused-ring (bicyclic) bond motifs is 1. The lowest BCUT2D eigenvalue weighted by atomic mass is 9.82. The Morgan fingerprint density at radius 2 is 2.03 bits per heavy atom. The molecule has 3 aromatic rings. The van der Waals surface area contributed by atoms with Crippen molar-refractivity contribution in [3.05, 3.63) is 88.1 Å². The summed E-state index contributed by atoms with van der Waals surface area (Å²) in [6.07, 6.45) is 4.69. The number of aromatic nitrogens is 1. The minimum absolute atomic E-state index is 0.0171. The molecule has 1 amide bonds. The first kappa shape index (κ1) is 19.4. The molecule has 0 N–H and O–H groups in total. The number of benzene rings is 1. The quantitative estimate of drug-likeness (QED) is 0.626. The Hall–Kier alpha value is -2.57. The summed E-state index contributed by atoms with van der Waals surface area (Å²) in [6, 6.07) is 12.4. The van der Waals surface area contributed by atoms with Crippen molar-refractivity contribution in [1.29, 1.82) is 0 Å². The second-order valence-corrected chi connectivity index (χ2v) is 9.02. The van der Waals surface area contributed by atoms with Gasteiger partial charge in [0, 0.05) is 62.0 Å². The highest BCUT2D eigenvalue weighted by Crippen LogP contribution is 2.42. The smallest absolute Gasteiger partial charge is 0.254 e. The Morgan fingerprint density at radius 1 is 1.17 bits per heavy atom. The van der Waals surface area contributed by atoms with Crippen LogP contribution in [0, 0.1) is 11.7 Å². The first-order valence-corrected chi connectivity index (χ1v) is 11.3. The van der Waals surface area contributed by atoms with E-state index in [0.717, 1.165) is 32.6 Å². The van der Waals surface area contributed by atoms with Gasteiger partial charge in [0.1, 0.15) is 5.82 Å². The zero-order chi connectivity index (χ0) is 20.5. The number of rotatable bonds is 4. The van der Waals surface area contributed by atoms with E-state index in [2.05, 4.69) is 32.8 Å². The topological polar surface area (TPSA) is 36.4 Å². The molecule has 0 spiro atoms. The fourth-order valence-electron chi connectivity index (χ4n) is 5.03. The summed E-state index contributed by atoms with van der Waals surface area (Å²) in [7, 11) is 0. The van der Waals surface area contributed by atoms with Crippen molar-refractivity contribution in [2.45, 2.75) is 24.9 Å². The number of amides is 1. The molecule has 3 atom stereocenters. The normalized spacial score (nSPS) is 24.0. The molecule has 2 aromatic heterocycles. The highest BCUT2D eigenvalue weighted by atomic mass is 32.1. The Balaban J connectivity index is 1.39. The molecule has 0 saturated carbocycles. The highest BCUT2D eigenvalue weighted by molar-refractivity contribution is 7.08. The van der Waals surface area contributed by atoms with Crippen molar-refractivity contribution in [1.82, 2.24) is 14.8 Å². The average Bonchev–Trinajstić information content (AvgIpc) is 3.42. The molecule has 2 aliphatic heterocycles. The fraction of sp³-hybridized carbons (Fsp3) is 0.333. The van der Waals surface area contributed by atoms with E-state index in [9.17, 15) is 9.18 Å². The maximum atomic E-state index is 13.3. The van der Waals surface area contributed by atoms with E-state index >= 15 is 0 Å². The highest BCUT2D eigenvalue weighted by Gasteiger charge is 2.47. The molecule has 2 saturated heterocycles. The lowest BCUT2D eigenvalue weighted by molar-refractivity contribution is 0.0614. The standard InChI is InChI=1S/C24H24FN3OS/c25-20-5-3-18(4-6-20)24(29)28-15-21(19-8-11-30-16-19)22-14-27(10-7-23(22)28)13-17-2-1-9-26-12-17/h1-6,8-9,11-12,16,21-23H,7,10,13-15H2/t21-,22-,23-/m0/s1. The first-order chi connectivity index (χ1) is 14.7. The Labute approximate surface area is 180 Å². The second-order valence-electron chi connectivity index (χ2n) is 8.24. The van der Waals surface area contributed by atoms with Gasteiger partial charge in [-0.05, 0) is 64.7 Å². The number of hydrogen-bond donors (Lipinski definition) is 0. The molecule has 6 heteroatoms. The van der Waals surface area contributed by atoms with Gasteiger partial charge in [0.15, 0.2) is 0 Å². The monoisotopic (exact) mass is 421 g/mol. The van der Waals surface area contributed by atoms with Gasteiger partial charge >= 0.3 is 0 Å². The van der Waals surface area contributed by atoms with Crippen LogP contribution in [0.25, 0.3) is 0 Å². The van der Waals surface area contributed by atoms with Gasteiger partial charge in [-0.3, -0.25) is 14.7 Å². The molecule has 0 unspecified atom stereocenters. The van der Waals surface area contributed by atoms with Crippen LogP contribution >= 0.6 is 11.3 Å². The van der Waals surface area contributed by atoms with Gasteiger partial charge in [0.2, 0.25) is 0 Å². The van der Waals surface area contributed by atoms with Crippen LogP contribution in [0.4, 0.5) is 4.39 Å². The van der Waals surface area contributed by atoms with Gasteiger partial charge in [0.05, 0.1) is 0 Å². The summed E-state index contributed by atoms with van der Waals surface area (Å²) in [5, 5.41) is 4.33. The van der Waals surface area contributed by atoms with Gasteiger partial charge in [0.25, 0.3) is 5.91 Å². The predicted molar refractivity (Wildman–Crippen MR) is 116 cm³/mol. The van der Waals surface area contributed by atoms with Crippen molar-refractivity contribution < 1.29 is 9.18 Å². The minimum Gasteiger partial charge on any atom is -0.335 e. The van der Waals surface area contributed by atoms with Crippen LogP contribution < -0.4 is 0 Å². The molecule has 1 aromatic carbocycles. The number of thiophene rings is 1. The van der Waals surface area contributed by atoms with E-state index in [4.69, 9.17) is 0 Å². The van der Waals surface area contributed by atoms with E-state index in [1.54, 1.807) is 29.7 Å². The summed E-state index contributed by atoms with van der Waals surface area (Å²) in [6.45, 7) is 3.54. The van der Waals surface area contributed by atoms with Crippen molar-refractivity contribution in [3.63, 3.8) is 0 Å². The molecule has 154 valence electrons. The molecule has 2 aliphatic rings. The fourth-order valence-corrected chi connectivity index (χ4v) is 5.75. The molecule has 0 bridgehead atoms. The first-order valence-electron chi connectivity index (χ1n) is 10.4. The molecule has 5 rings (SSSR count). The number of carbonyl (C=O) groups is 1. The lowest BCUT2D eigenvalue weighted by Gasteiger charge is -2.39. The third kappa shape index (κ3) is 3.77. The molecule has 4 nitrogen and oxygen atoms in total. The van der Waals surface area contributed by atoms with E-state index in [0.29, 0.717) is 17.4 Å². The van der Waals surface area contributed by atoms with Crippen LogP contribution in [0.5, 0.6) is 0 Å². The minimum atomic E-state index is -0.314. The average molecular weight is 422 g/mol. The number of carbonyl (C=O) groups excluding carboxylic acids is 1. The van der Waals surface area contributed by atoms with Crippen molar-refractivity contribution >= 4 is 17.2 Å². The van der Waals surface area contributed by atoms with Gasteiger partial charge < -0.3 is 4.90 Å². The van der Waals surface area contributed by atoms with Crippen LogP contribution in [0.3, 0.4) is 0 Å². The zero-order valence-corrected chi connectivity index (χ0v) is 17.5. The number of halogens is 1. The van der Waals surface area contributed by atoms with Gasteiger partial charge in [-0.2, -0.15) is 11.3 Å². The van der Waals surface area contributed by atoms with Crippen molar-refractivity contribution in [3.8, 4) is 0 Å². The number of piperidine rings is 1. The van der Waals surface area contributed by atoms with Gasteiger partial charge in [-0.25, -0.2) is 4.39 Å². The Morgan fingerprint density at radius 3 is 2.77 bits per heavy atom. The third-order valence-corrected chi connectivity index (χ3v) is 7.17. The lowest BCUT2D eigenvalue weighted by Crippen LogP contribution is -2.47. The molecule has 4 heterocycles. The van der Waals surface area contributed by atoms with Gasteiger partial charge in [-0.15, -0.1) is 0 Å². The summed E-state index contributed by atoms with van der Waals surface area (Å²) in [5.74, 6) is 0.436. The number of likely N-dealkylation sites (tertiary alicyclic amines) is 2. The summed E-state index contributed by atoms with van der Waals surface area (Å²) in [5.41, 5.74) is 3.12. The summed E-state index contributed by atoms with van der Waals surface area (Å²) >= 11 is 1.71. The SMILES string of the molecule is O=C(c1ccc(F)cc1)N1C[C@@H](c2ccsc2)[C@@H]2CN(Cc3cccnc3)CC[C@@H]21. The molecular formula is C24H24FN3OS. The third-order valence-electron chi connectivity index (χ3n) is 6.47. The summed E-state index contributed by atoms with van der Waals surface area (Å²) in [4.78, 5) is 22.1. The maximum Gasteiger partial charge on any atom is 0.254 e. The Kier molecular flexibility index (Phi) is 5.35. The van der Waals surface area contributed by atoms with Crippen molar-refractivity contribution in [2.24, 2.45) is 5.92 Å². The van der Waals surface area contributed by atoms with Crippen LogP contribution in [0.1, 0.15) is 33.8 Å². The maximum absolute atomic E-state index is 13.3. The number of hydrogen-bond acceptors (Lipinski definition) is 4. The molecular weight excluding hydrogens is 397 g/mol. The number of nitrogens with zero attached hydrogens (tertiary/aromatic N) is 3. The second kappa shape index (κ2) is 8.28. The van der Waals surface area contributed by atoms with Crippen LogP contribution in [0.2, 0.25) is 0 Å². The van der Waals surface area contributed by atoms with Gasteiger partial charge in [-0.1, -0.05) is 6.07 Å². The summed E-state index contributed by atoms with van der Waals surface area (Å²) < 4.78 is 13.3. The van der Waals surface area contributed by atoms with Crippen LogP contribution in [0.15, 0.2) is 65.6 Å². The Bertz CT molecular complexity index is 993. The largest absolute Gasteiger partial charge is 0.335 e. The molecule has 2 fully saturated rings. The van der Waals surface area contributed by atoms with E-state index in [1.807, 2.05) is 17.2 Å². The predicted octanol–water partition coefficient (Wildman–Crippen LogP) is 4.41.